The van der Waals surface area contributed by atoms with Crippen molar-refractivity contribution in [2.75, 3.05) is 32.7 Å². The van der Waals surface area contributed by atoms with Crippen molar-refractivity contribution in [2.45, 2.75) is 52.2 Å². The Morgan fingerprint density at radius 2 is 1.88 bits per heavy atom. The minimum absolute atomic E-state index is 0.0148. The predicted molar refractivity (Wildman–Crippen MR) is 71.3 cm³/mol. The fourth-order valence-corrected chi connectivity index (χ4v) is 3.43. The summed E-state index contributed by atoms with van der Waals surface area (Å²) in [5.74, 6) is 0. The van der Waals surface area contributed by atoms with Crippen molar-refractivity contribution >= 4 is 0 Å². The van der Waals surface area contributed by atoms with Gasteiger partial charge in [-0.05, 0) is 52.1 Å². The molecule has 3 nitrogen and oxygen atoms in total. The molecule has 0 aliphatic carbocycles. The number of nitrogens with zero attached hydrogens (tertiary/aromatic N) is 1. The molecule has 17 heavy (non-hydrogen) atoms. The number of morpholine rings is 1. The van der Waals surface area contributed by atoms with Gasteiger partial charge in [0.05, 0.1) is 11.7 Å². The van der Waals surface area contributed by atoms with Crippen LogP contribution < -0.4 is 5.32 Å². The van der Waals surface area contributed by atoms with E-state index in [0.717, 1.165) is 13.1 Å². The van der Waals surface area contributed by atoms with E-state index in [9.17, 15) is 0 Å². The van der Waals surface area contributed by atoms with Crippen LogP contribution in [0.5, 0.6) is 0 Å². The largest absolute Gasteiger partial charge is 0.370 e. The van der Waals surface area contributed by atoms with Crippen molar-refractivity contribution in [1.82, 2.24) is 10.2 Å². The number of nitrogens with one attached hydrogen (secondary N) is 1. The van der Waals surface area contributed by atoms with Crippen molar-refractivity contribution in [3.8, 4) is 0 Å². The second kappa shape index (κ2) is 4.87. The number of ether oxygens (including phenoxy) is 1. The number of piperidine rings is 1. The van der Waals surface area contributed by atoms with Crippen molar-refractivity contribution in [3.05, 3.63) is 0 Å². The maximum Gasteiger partial charge on any atom is 0.0757 e. The molecule has 1 atom stereocenters. The maximum atomic E-state index is 5.97. The molecule has 0 amide bonds. The summed E-state index contributed by atoms with van der Waals surface area (Å²) in [5, 5.41) is 3.46. The van der Waals surface area contributed by atoms with E-state index in [-0.39, 0.29) is 5.60 Å². The molecule has 2 fully saturated rings. The average Bonchev–Trinajstić information content (AvgIpc) is 2.13. The summed E-state index contributed by atoms with van der Waals surface area (Å²) in [7, 11) is 0. The highest BCUT2D eigenvalue weighted by atomic mass is 16.5. The van der Waals surface area contributed by atoms with Gasteiger partial charge in [0.15, 0.2) is 0 Å². The first-order valence-electron chi connectivity index (χ1n) is 7.00. The number of hydrogen-bond acceptors (Lipinski definition) is 3. The Balaban J connectivity index is 1.93. The van der Waals surface area contributed by atoms with E-state index in [1.807, 2.05) is 0 Å². The first-order valence-corrected chi connectivity index (χ1v) is 7.00. The summed E-state index contributed by atoms with van der Waals surface area (Å²) < 4.78 is 5.97. The molecule has 0 aromatic rings. The first-order chi connectivity index (χ1) is 7.89. The summed E-state index contributed by atoms with van der Waals surface area (Å²) in [4.78, 5) is 2.61. The van der Waals surface area contributed by atoms with Crippen LogP contribution in [-0.2, 0) is 4.74 Å². The molecule has 0 spiro atoms. The monoisotopic (exact) mass is 240 g/mol. The van der Waals surface area contributed by atoms with E-state index in [2.05, 4.69) is 37.9 Å². The van der Waals surface area contributed by atoms with Gasteiger partial charge >= 0.3 is 0 Å². The predicted octanol–water partition coefficient (Wildman–Crippen LogP) is 1.88. The minimum Gasteiger partial charge on any atom is -0.370 e. The van der Waals surface area contributed by atoms with Crippen LogP contribution in [0.1, 0.15) is 40.5 Å². The fraction of sp³-hybridized carbons (Fsp3) is 1.00. The van der Waals surface area contributed by atoms with Gasteiger partial charge < -0.3 is 10.1 Å². The fourth-order valence-electron chi connectivity index (χ4n) is 3.43. The van der Waals surface area contributed by atoms with E-state index in [1.54, 1.807) is 0 Å². The lowest BCUT2D eigenvalue weighted by Gasteiger charge is -2.46. The lowest BCUT2D eigenvalue weighted by atomic mass is 9.80. The van der Waals surface area contributed by atoms with Crippen LogP contribution >= 0.6 is 0 Å². The zero-order valence-electron chi connectivity index (χ0n) is 11.9. The Bertz CT molecular complexity index is 259. The normalized spacial score (nSPS) is 33.5. The van der Waals surface area contributed by atoms with Gasteiger partial charge in [-0.3, -0.25) is 4.90 Å². The molecule has 0 bridgehead atoms. The molecule has 1 unspecified atom stereocenters. The average molecular weight is 240 g/mol. The van der Waals surface area contributed by atoms with Gasteiger partial charge in [0.25, 0.3) is 0 Å². The molecule has 2 saturated heterocycles. The number of rotatable bonds is 2. The summed E-state index contributed by atoms with van der Waals surface area (Å²) in [6.07, 6.45) is 2.97. The molecular weight excluding hydrogens is 212 g/mol. The Kier molecular flexibility index (Phi) is 3.81. The lowest BCUT2D eigenvalue weighted by molar-refractivity contribution is -0.135. The van der Waals surface area contributed by atoms with E-state index in [0.29, 0.717) is 11.5 Å². The molecule has 100 valence electrons. The van der Waals surface area contributed by atoms with Gasteiger partial charge in [-0.2, -0.15) is 0 Å². The van der Waals surface area contributed by atoms with Crippen LogP contribution in [0.2, 0.25) is 0 Å². The molecule has 0 saturated carbocycles. The molecule has 2 aliphatic heterocycles. The van der Waals surface area contributed by atoms with Gasteiger partial charge in [0, 0.05) is 19.6 Å². The topological polar surface area (TPSA) is 24.5 Å². The van der Waals surface area contributed by atoms with Crippen LogP contribution in [0.25, 0.3) is 0 Å². The molecule has 2 rings (SSSR count). The molecule has 3 heteroatoms. The third-order valence-corrected chi connectivity index (χ3v) is 4.06. The summed E-state index contributed by atoms with van der Waals surface area (Å²) in [6.45, 7) is 14.8. The Labute approximate surface area is 106 Å². The Morgan fingerprint density at radius 1 is 1.24 bits per heavy atom. The van der Waals surface area contributed by atoms with Crippen molar-refractivity contribution in [3.63, 3.8) is 0 Å². The molecule has 2 heterocycles. The van der Waals surface area contributed by atoms with Crippen LogP contribution in [0.15, 0.2) is 0 Å². The van der Waals surface area contributed by atoms with Gasteiger partial charge in [-0.1, -0.05) is 6.92 Å². The van der Waals surface area contributed by atoms with Crippen LogP contribution in [0, 0.1) is 5.41 Å². The second-order valence-corrected chi connectivity index (χ2v) is 6.92. The second-order valence-electron chi connectivity index (χ2n) is 6.92. The highest BCUT2D eigenvalue weighted by Gasteiger charge is 2.35. The quantitative estimate of drug-likeness (QED) is 0.797. The summed E-state index contributed by atoms with van der Waals surface area (Å²) in [5.41, 5.74) is 0.513. The lowest BCUT2D eigenvalue weighted by Crippen LogP contribution is -2.55. The molecule has 2 aliphatic rings. The summed E-state index contributed by atoms with van der Waals surface area (Å²) in [6, 6.07) is 0. The van der Waals surface area contributed by atoms with Gasteiger partial charge in [0.2, 0.25) is 0 Å². The van der Waals surface area contributed by atoms with Crippen LogP contribution in [-0.4, -0.2) is 49.3 Å². The zero-order valence-corrected chi connectivity index (χ0v) is 11.9. The molecule has 0 aromatic heterocycles. The van der Waals surface area contributed by atoms with Crippen molar-refractivity contribution in [1.29, 1.82) is 0 Å². The highest BCUT2D eigenvalue weighted by Crippen LogP contribution is 2.31. The highest BCUT2D eigenvalue weighted by molar-refractivity contribution is 4.89. The third kappa shape index (κ3) is 3.67. The van der Waals surface area contributed by atoms with Crippen LogP contribution in [0.3, 0.4) is 0 Å². The maximum absolute atomic E-state index is 5.97. The first kappa shape index (κ1) is 13.3. The van der Waals surface area contributed by atoms with Crippen LogP contribution in [0.4, 0.5) is 0 Å². The summed E-state index contributed by atoms with van der Waals surface area (Å²) >= 11 is 0. The Hall–Kier alpha value is -0.120. The SMILES string of the molecule is CC1CN(CC2(C)CCNCC2)CC(C)(C)O1. The van der Waals surface area contributed by atoms with E-state index in [4.69, 9.17) is 4.74 Å². The van der Waals surface area contributed by atoms with Gasteiger partial charge in [-0.15, -0.1) is 0 Å². The van der Waals surface area contributed by atoms with E-state index < -0.39 is 0 Å². The Morgan fingerprint density at radius 3 is 2.47 bits per heavy atom. The standard InChI is InChI=1S/C14H28N2O/c1-12-9-16(10-13(2,3)17-12)11-14(4)5-7-15-8-6-14/h12,15H,5-11H2,1-4H3. The minimum atomic E-state index is 0.0148. The molecule has 1 N–H and O–H groups in total. The zero-order chi connectivity index (χ0) is 12.5. The van der Waals surface area contributed by atoms with Gasteiger partial charge in [0.1, 0.15) is 0 Å². The van der Waals surface area contributed by atoms with E-state index in [1.165, 1.54) is 32.5 Å². The molecule has 0 radical (unpaired) electrons. The van der Waals surface area contributed by atoms with Crippen molar-refractivity contribution in [2.24, 2.45) is 5.41 Å². The van der Waals surface area contributed by atoms with Gasteiger partial charge in [-0.25, -0.2) is 0 Å². The van der Waals surface area contributed by atoms with Crippen molar-refractivity contribution < 1.29 is 4.74 Å². The third-order valence-electron chi connectivity index (χ3n) is 4.06. The molecule has 0 aromatic carbocycles. The smallest absolute Gasteiger partial charge is 0.0757 e. The van der Waals surface area contributed by atoms with E-state index >= 15 is 0 Å². The molecular formula is C14H28N2O. The number of hydrogen-bond donors (Lipinski definition) is 1.